The van der Waals surface area contributed by atoms with Crippen molar-refractivity contribution in [2.45, 2.75) is 52.1 Å². The van der Waals surface area contributed by atoms with Crippen molar-refractivity contribution in [1.82, 2.24) is 10.3 Å². The summed E-state index contributed by atoms with van der Waals surface area (Å²) in [7, 11) is 0. The van der Waals surface area contributed by atoms with Crippen LogP contribution < -0.4 is 5.32 Å². The fraction of sp³-hybridized carbons (Fsp3) is 0.769. The lowest BCUT2D eigenvalue weighted by atomic mass is 9.90. The Balaban J connectivity index is 2.31. The molecule has 1 aliphatic heterocycles. The summed E-state index contributed by atoms with van der Waals surface area (Å²) in [6.07, 6.45) is 2.05. The number of nitrogens with one attached hydrogen (secondary N) is 1. The first kappa shape index (κ1) is 13.0. The lowest BCUT2D eigenvalue weighted by Gasteiger charge is -2.38. The van der Waals surface area contributed by atoms with Crippen LogP contribution in [0.1, 0.15) is 42.3 Å². The summed E-state index contributed by atoms with van der Waals surface area (Å²) >= 11 is 1.83. The fourth-order valence-electron chi connectivity index (χ4n) is 2.37. The first-order valence-corrected chi connectivity index (χ1v) is 7.15. The number of hydrogen-bond acceptors (Lipinski definition) is 4. The Morgan fingerprint density at radius 1 is 1.29 bits per heavy atom. The molecule has 4 heteroatoms. The van der Waals surface area contributed by atoms with E-state index in [0.717, 1.165) is 26.1 Å². The zero-order valence-corrected chi connectivity index (χ0v) is 12.0. The predicted octanol–water partition coefficient (Wildman–Crippen LogP) is 2.76. The monoisotopic (exact) mass is 254 g/mol. The molecule has 1 aromatic heterocycles. The van der Waals surface area contributed by atoms with Crippen molar-refractivity contribution in [1.29, 1.82) is 0 Å². The van der Waals surface area contributed by atoms with Gasteiger partial charge in [0.05, 0.1) is 11.2 Å². The number of aromatic nitrogens is 1. The molecule has 17 heavy (non-hydrogen) atoms. The maximum Gasteiger partial charge on any atom is 0.113 e. The van der Waals surface area contributed by atoms with Gasteiger partial charge < -0.3 is 10.1 Å². The topological polar surface area (TPSA) is 34.2 Å². The summed E-state index contributed by atoms with van der Waals surface area (Å²) in [5, 5.41) is 4.96. The van der Waals surface area contributed by atoms with Gasteiger partial charge in [-0.05, 0) is 40.5 Å². The van der Waals surface area contributed by atoms with Crippen molar-refractivity contribution in [3.8, 4) is 0 Å². The summed E-state index contributed by atoms with van der Waals surface area (Å²) in [6, 6.07) is 0.470. The van der Waals surface area contributed by atoms with Gasteiger partial charge in [-0.2, -0.15) is 0 Å². The Labute approximate surface area is 108 Å². The molecule has 2 heterocycles. The van der Waals surface area contributed by atoms with Gasteiger partial charge in [-0.3, -0.25) is 0 Å². The van der Waals surface area contributed by atoms with Gasteiger partial charge in [-0.15, -0.1) is 11.3 Å². The Kier molecular flexibility index (Phi) is 3.85. The first-order chi connectivity index (χ1) is 8.03. The van der Waals surface area contributed by atoms with E-state index >= 15 is 0 Å². The van der Waals surface area contributed by atoms with Crippen molar-refractivity contribution in [3.63, 3.8) is 0 Å². The van der Waals surface area contributed by atoms with Crippen molar-refractivity contribution in [2.75, 3.05) is 13.2 Å². The molecule has 0 aliphatic carbocycles. The molecular formula is C13H22N2OS. The number of hydrogen-bond donors (Lipinski definition) is 1. The van der Waals surface area contributed by atoms with Gasteiger partial charge in [0.25, 0.3) is 0 Å². The molecule has 2 rings (SSSR count). The van der Waals surface area contributed by atoms with Crippen LogP contribution in [0.3, 0.4) is 0 Å². The van der Waals surface area contributed by atoms with Gasteiger partial charge in [0.1, 0.15) is 5.01 Å². The second-order valence-electron chi connectivity index (χ2n) is 5.15. The number of thiazole rings is 1. The molecule has 1 N–H and O–H groups in total. The molecule has 1 saturated heterocycles. The van der Waals surface area contributed by atoms with Gasteiger partial charge in [0.2, 0.25) is 0 Å². The highest BCUT2D eigenvalue weighted by Crippen LogP contribution is 2.36. The van der Waals surface area contributed by atoms with E-state index in [1.807, 2.05) is 11.3 Å². The summed E-state index contributed by atoms with van der Waals surface area (Å²) in [4.78, 5) is 6.09. The number of ether oxygens (including phenoxy) is 1. The van der Waals surface area contributed by atoms with Crippen molar-refractivity contribution in [2.24, 2.45) is 0 Å². The summed E-state index contributed by atoms with van der Waals surface area (Å²) < 4.78 is 5.50. The van der Waals surface area contributed by atoms with E-state index in [2.05, 4.69) is 33.0 Å². The predicted molar refractivity (Wildman–Crippen MR) is 71.6 cm³/mol. The van der Waals surface area contributed by atoms with Gasteiger partial charge in [-0.25, -0.2) is 4.98 Å². The van der Waals surface area contributed by atoms with Crippen LogP contribution in [0, 0.1) is 13.8 Å². The van der Waals surface area contributed by atoms with Gasteiger partial charge >= 0.3 is 0 Å². The minimum absolute atomic E-state index is 0.0378. The van der Waals surface area contributed by atoms with Gasteiger partial charge in [0.15, 0.2) is 0 Å². The minimum atomic E-state index is 0.0378. The zero-order valence-electron chi connectivity index (χ0n) is 11.2. The molecule has 96 valence electrons. The van der Waals surface area contributed by atoms with E-state index in [9.17, 15) is 0 Å². The maximum atomic E-state index is 5.50. The molecule has 0 aromatic carbocycles. The lowest BCUT2D eigenvalue weighted by Crippen LogP contribution is -2.49. The van der Waals surface area contributed by atoms with E-state index in [0.29, 0.717) is 6.04 Å². The summed E-state index contributed by atoms with van der Waals surface area (Å²) in [5.41, 5.74) is 1.21. The van der Waals surface area contributed by atoms with Crippen LogP contribution in [0.15, 0.2) is 0 Å². The largest absolute Gasteiger partial charge is 0.381 e. The maximum absolute atomic E-state index is 5.50. The van der Waals surface area contributed by atoms with Crippen LogP contribution in [0.5, 0.6) is 0 Å². The fourth-order valence-corrected chi connectivity index (χ4v) is 3.49. The SMILES string of the molecule is Cc1nc(C2(NC(C)C)CCOCC2)sc1C. The van der Waals surface area contributed by atoms with Crippen LogP contribution in [0.4, 0.5) is 0 Å². The molecular weight excluding hydrogens is 232 g/mol. The molecule has 0 radical (unpaired) electrons. The average molecular weight is 254 g/mol. The highest BCUT2D eigenvalue weighted by atomic mass is 32.1. The van der Waals surface area contributed by atoms with Crippen LogP contribution in [-0.4, -0.2) is 24.2 Å². The van der Waals surface area contributed by atoms with E-state index in [-0.39, 0.29) is 5.54 Å². The first-order valence-electron chi connectivity index (χ1n) is 6.33. The summed E-state index contributed by atoms with van der Waals surface area (Å²) in [6.45, 7) is 10.3. The van der Waals surface area contributed by atoms with Crippen LogP contribution in [-0.2, 0) is 10.3 Å². The molecule has 0 saturated carbocycles. The highest BCUT2D eigenvalue weighted by molar-refractivity contribution is 7.11. The van der Waals surface area contributed by atoms with Crippen LogP contribution in [0.25, 0.3) is 0 Å². The molecule has 3 nitrogen and oxygen atoms in total. The highest BCUT2D eigenvalue weighted by Gasteiger charge is 2.37. The molecule has 0 bridgehead atoms. The van der Waals surface area contributed by atoms with E-state index in [4.69, 9.17) is 9.72 Å². The molecule has 1 fully saturated rings. The molecule has 1 aliphatic rings. The molecule has 0 atom stereocenters. The van der Waals surface area contributed by atoms with Crippen molar-refractivity contribution in [3.05, 3.63) is 15.6 Å². The average Bonchev–Trinajstić information content (AvgIpc) is 2.60. The van der Waals surface area contributed by atoms with Crippen molar-refractivity contribution < 1.29 is 4.74 Å². The van der Waals surface area contributed by atoms with E-state index in [1.54, 1.807) is 0 Å². The Hall–Kier alpha value is -0.450. The molecule has 0 unspecified atom stereocenters. The number of aryl methyl sites for hydroxylation is 2. The number of nitrogens with zero attached hydrogens (tertiary/aromatic N) is 1. The Morgan fingerprint density at radius 2 is 1.94 bits per heavy atom. The smallest absolute Gasteiger partial charge is 0.113 e. The van der Waals surface area contributed by atoms with Gasteiger partial charge in [-0.1, -0.05) is 0 Å². The Bertz CT molecular complexity index is 361. The molecule has 1 aromatic rings. The quantitative estimate of drug-likeness (QED) is 0.900. The second kappa shape index (κ2) is 5.04. The normalized spacial score (nSPS) is 19.8. The summed E-state index contributed by atoms with van der Waals surface area (Å²) in [5.74, 6) is 0. The lowest BCUT2D eigenvalue weighted by molar-refractivity contribution is 0.0330. The van der Waals surface area contributed by atoms with Gasteiger partial charge in [0, 0.05) is 24.1 Å². The second-order valence-corrected chi connectivity index (χ2v) is 6.36. The van der Waals surface area contributed by atoms with Crippen LogP contribution in [0.2, 0.25) is 0 Å². The number of rotatable bonds is 3. The third kappa shape index (κ3) is 2.69. The van der Waals surface area contributed by atoms with Crippen LogP contribution >= 0.6 is 11.3 Å². The molecule has 0 amide bonds. The Morgan fingerprint density at radius 3 is 2.41 bits per heavy atom. The minimum Gasteiger partial charge on any atom is -0.381 e. The molecule has 0 spiro atoms. The third-order valence-electron chi connectivity index (χ3n) is 3.35. The third-order valence-corrected chi connectivity index (χ3v) is 4.63. The van der Waals surface area contributed by atoms with Crippen molar-refractivity contribution >= 4 is 11.3 Å². The standard InChI is InChI=1S/C13H22N2OS/c1-9(2)15-13(5-7-16-8-6-13)12-14-10(3)11(4)17-12/h9,15H,5-8H2,1-4H3. The van der Waals surface area contributed by atoms with E-state index < -0.39 is 0 Å². The van der Waals surface area contributed by atoms with E-state index in [1.165, 1.54) is 15.6 Å². The zero-order chi connectivity index (χ0) is 12.5.